The van der Waals surface area contributed by atoms with E-state index in [-0.39, 0.29) is 5.89 Å². The van der Waals surface area contributed by atoms with Gasteiger partial charge in [-0.25, -0.2) is 14.6 Å². The highest BCUT2D eigenvalue weighted by Gasteiger charge is 2.09. The number of benzene rings is 2. The Hall–Kier alpha value is -3.94. The number of carbonyl (C=O) groups is 3. The molecule has 0 radical (unpaired) electrons. The molecule has 0 aliphatic carbocycles. The van der Waals surface area contributed by atoms with Gasteiger partial charge in [-0.15, -0.1) is 0 Å². The number of amides is 1. The number of anilines is 1. The van der Waals surface area contributed by atoms with Gasteiger partial charge in [0.15, 0.2) is 12.2 Å². The summed E-state index contributed by atoms with van der Waals surface area (Å²) in [6.07, 6.45) is 3.24. The fraction of sp³-hybridized carbons (Fsp3) is 0.182. The average Bonchev–Trinajstić information content (AvgIpc) is 3.18. The number of ether oxygens (including phenoxy) is 2. The number of rotatable bonds is 8. The molecule has 0 aliphatic rings. The van der Waals surface area contributed by atoms with Crippen LogP contribution in [0.1, 0.15) is 29.6 Å². The Balaban J connectivity index is 1.45. The first-order chi connectivity index (χ1) is 14.5. The molecule has 8 nitrogen and oxygen atoms in total. The van der Waals surface area contributed by atoms with E-state index in [1.807, 2.05) is 19.1 Å². The van der Waals surface area contributed by atoms with Crippen LogP contribution in [0.3, 0.4) is 0 Å². The largest absolute Gasteiger partial charge is 0.462 e. The lowest BCUT2D eigenvalue weighted by Gasteiger charge is -2.07. The van der Waals surface area contributed by atoms with Crippen molar-refractivity contribution in [3.8, 4) is 0 Å². The Morgan fingerprint density at radius 1 is 1.07 bits per heavy atom. The van der Waals surface area contributed by atoms with Gasteiger partial charge in [-0.1, -0.05) is 19.1 Å². The number of aromatic nitrogens is 1. The van der Waals surface area contributed by atoms with E-state index in [0.717, 1.165) is 12.5 Å². The molecule has 2 aromatic carbocycles. The van der Waals surface area contributed by atoms with Crippen molar-refractivity contribution in [2.75, 3.05) is 18.5 Å². The van der Waals surface area contributed by atoms with Crippen molar-refractivity contribution in [1.82, 2.24) is 4.98 Å². The van der Waals surface area contributed by atoms with Gasteiger partial charge < -0.3 is 19.2 Å². The van der Waals surface area contributed by atoms with E-state index in [4.69, 9.17) is 13.9 Å². The molecule has 0 saturated heterocycles. The topological polar surface area (TPSA) is 108 Å². The Morgan fingerprint density at radius 2 is 1.83 bits per heavy atom. The Bertz CT molecular complexity index is 1040. The van der Waals surface area contributed by atoms with Gasteiger partial charge in [0.25, 0.3) is 5.91 Å². The smallest absolute Gasteiger partial charge is 0.338 e. The molecule has 1 N–H and O–H groups in total. The predicted molar refractivity (Wildman–Crippen MR) is 110 cm³/mol. The number of hydrogen-bond acceptors (Lipinski definition) is 7. The highest BCUT2D eigenvalue weighted by Crippen LogP contribution is 2.15. The highest BCUT2D eigenvalue weighted by atomic mass is 16.5. The molecule has 0 aliphatic heterocycles. The number of nitrogens with zero attached hydrogens (tertiary/aromatic N) is 1. The lowest BCUT2D eigenvalue weighted by atomic mass is 10.2. The number of nitrogens with one attached hydrogen (secondary N) is 1. The molecule has 0 bridgehead atoms. The molecule has 0 unspecified atom stereocenters. The maximum atomic E-state index is 11.9. The molecule has 8 heteroatoms. The zero-order valence-electron chi connectivity index (χ0n) is 16.3. The minimum absolute atomic E-state index is 0.259. The molecule has 0 fully saturated rings. The van der Waals surface area contributed by atoms with Gasteiger partial charge in [-0.2, -0.15) is 0 Å². The standard InChI is InChI=1S/C22H20N2O6/c1-2-13-28-22(27)15-7-9-16(10-8-15)23-19(25)14-29-21(26)12-11-20-24-17-5-3-4-6-18(17)30-20/h3-12H,2,13-14H2,1H3,(H,23,25)/b12-11+. The first-order valence-corrected chi connectivity index (χ1v) is 9.32. The molecule has 154 valence electrons. The van der Waals surface area contributed by atoms with Gasteiger partial charge >= 0.3 is 11.9 Å². The van der Waals surface area contributed by atoms with Crippen molar-refractivity contribution in [2.24, 2.45) is 0 Å². The predicted octanol–water partition coefficient (Wildman–Crippen LogP) is 3.59. The lowest BCUT2D eigenvalue weighted by molar-refractivity contribution is -0.142. The zero-order chi connectivity index (χ0) is 21.3. The molecular formula is C22H20N2O6. The van der Waals surface area contributed by atoms with Crippen LogP contribution in [-0.4, -0.2) is 36.0 Å². The van der Waals surface area contributed by atoms with Gasteiger partial charge in [0.2, 0.25) is 5.89 Å². The Morgan fingerprint density at radius 3 is 2.57 bits per heavy atom. The summed E-state index contributed by atoms with van der Waals surface area (Å²) in [6.45, 7) is 1.80. The van der Waals surface area contributed by atoms with E-state index in [1.54, 1.807) is 36.4 Å². The van der Waals surface area contributed by atoms with E-state index >= 15 is 0 Å². The minimum Gasteiger partial charge on any atom is -0.462 e. The summed E-state index contributed by atoms with van der Waals surface area (Å²) in [5.74, 6) is -1.38. The van der Waals surface area contributed by atoms with Crippen LogP contribution in [0.15, 0.2) is 59.0 Å². The SMILES string of the molecule is CCCOC(=O)c1ccc(NC(=O)COC(=O)/C=C/c2nc3ccccc3o2)cc1. The van der Waals surface area contributed by atoms with Crippen LogP contribution in [0.5, 0.6) is 0 Å². The van der Waals surface area contributed by atoms with Crippen LogP contribution in [-0.2, 0) is 19.1 Å². The van der Waals surface area contributed by atoms with Gasteiger partial charge in [0.05, 0.1) is 12.2 Å². The van der Waals surface area contributed by atoms with Crippen LogP contribution >= 0.6 is 0 Å². The van der Waals surface area contributed by atoms with E-state index < -0.39 is 24.5 Å². The first-order valence-electron chi connectivity index (χ1n) is 9.32. The summed E-state index contributed by atoms with van der Waals surface area (Å²) in [6, 6.07) is 13.4. The van der Waals surface area contributed by atoms with Gasteiger partial charge in [0, 0.05) is 17.8 Å². The quantitative estimate of drug-likeness (QED) is 0.448. The molecule has 0 spiro atoms. The maximum Gasteiger partial charge on any atom is 0.338 e. The molecule has 1 heterocycles. The highest BCUT2D eigenvalue weighted by molar-refractivity contribution is 5.95. The minimum atomic E-state index is -0.707. The van der Waals surface area contributed by atoms with E-state index in [9.17, 15) is 14.4 Å². The normalized spacial score (nSPS) is 10.8. The Kier molecular flexibility index (Phi) is 6.94. The molecule has 1 aromatic heterocycles. The third kappa shape index (κ3) is 5.78. The van der Waals surface area contributed by atoms with Crippen LogP contribution < -0.4 is 5.32 Å². The fourth-order valence-electron chi connectivity index (χ4n) is 2.45. The molecule has 1 amide bonds. The molecule has 3 rings (SSSR count). The maximum absolute atomic E-state index is 11.9. The van der Waals surface area contributed by atoms with Gasteiger partial charge in [-0.3, -0.25) is 4.79 Å². The van der Waals surface area contributed by atoms with Gasteiger partial charge in [-0.05, 0) is 42.8 Å². The summed E-state index contributed by atoms with van der Waals surface area (Å²) in [5.41, 5.74) is 2.13. The van der Waals surface area contributed by atoms with Gasteiger partial charge in [0.1, 0.15) is 5.52 Å². The van der Waals surface area contributed by atoms with Crippen molar-refractivity contribution in [2.45, 2.75) is 13.3 Å². The monoisotopic (exact) mass is 408 g/mol. The van der Waals surface area contributed by atoms with E-state index in [0.29, 0.717) is 29.0 Å². The summed E-state index contributed by atoms with van der Waals surface area (Å²) in [5, 5.41) is 2.57. The molecular weight excluding hydrogens is 388 g/mol. The lowest BCUT2D eigenvalue weighted by Crippen LogP contribution is -2.20. The van der Waals surface area contributed by atoms with Crippen LogP contribution in [0.4, 0.5) is 5.69 Å². The van der Waals surface area contributed by atoms with Crippen molar-refractivity contribution < 1.29 is 28.3 Å². The first kappa shape index (κ1) is 20.8. The molecule has 30 heavy (non-hydrogen) atoms. The second kappa shape index (κ2) is 10.0. The fourth-order valence-corrected chi connectivity index (χ4v) is 2.45. The van der Waals surface area contributed by atoms with E-state index in [1.165, 1.54) is 6.08 Å². The summed E-state index contributed by atoms with van der Waals surface area (Å²) >= 11 is 0. The third-order valence-corrected chi connectivity index (χ3v) is 3.86. The summed E-state index contributed by atoms with van der Waals surface area (Å²) < 4.78 is 15.4. The number of esters is 2. The third-order valence-electron chi connectivity index (χ3n) is 3.86. The van der Waals surface area contributed by atoms with Crippen LogP contribution in [0.25, 0.3) is 17.2 Å². The van der Waals surface area contributed by atoms with Crippen molar-refractivity contribution >= 4 is 40.7 Å². The molecule has 0 saturated carbocycles. The molecule has 3 aromatic rings. The second-order valence-corrected chi connectivity index (χ2v) is 6.22. The molecule has 0 atom stereocenters. The summed E-state index contributed by atoms with van der Waals surface area (Å²) in [7, 11) is 0. The number of carbonyl (C=O) groups excluding carboxylic acids is 3. The average molecular weight is 408 g/mol. The van der Waals surface area contributed by atoms with Crippen LogP contribution in [0.2, 0.25) is 0 Å². The number of para-hydroxylation sites is 2. The zero-order valence-corrected chi connectivity index (χ0v) is 16.3. The Labute approximate surface area is 172 Å². The van der Waals surface area contributed by atoms with E-state index in [2.05, 4.69) is 10.3 Å². The number of hydrogen-bond donors (Lipinski definition) is 1. The summed E-state index contributed by atoms with van der Waals surface area (Å²) in [4.78, 5) is 39.7. The number of fused-ring (bicyclic) bond motifs is 1. The van der Waals surface area contributed by atoms with Crippen molar-refractivity contribution in [3.05, 3.63) is 66.1 Å². The van der Waals surface area contributed by atoms with Crippen molar-refractivity contribution in [3.63, 3.8) is 0 Å². The number of oxazole rings is 1. The van der Waals surface area contributed by atoms with Crippen LogP contribution in [0, 0.1) is 0 Å². The van der Waals surface area contributed by atoms with Crippen molar-refractivity contribution in [1.29, 1.82) is 0 Å². The second-order valence-electron chi connectivity index (χ2n) is 6.22.